The largest absolute Gasteiger partial charge is 0.535 e. The molecular formula is C9H20BNO2S2. The van der Waals surface area contributed by atoms with Gasteiger partial charge in [-0.15, -0.1) is 11.8 Å². The molecule has 0 aliphatic carbocycles. The van der Waals surface area contributed by atoms with Gasteiger partial charge in [-0.1, -0.05) is 13.8 Å². The summed E-state index contributed by atoms with van der Waals surface area (Å²) in [4.78, 5) is 11.5. The molecule has 0 fully saturated rings. The summed E-state index contributed by atoms with van der Waals surface area (Å²) < 4.78 is 5.26. The van der Waals surface area contributed by atoms with Crippen LogP contribution in [0.2, 0.25) is 12.6 Å². The van der Waals surface area contributed by atoms with Crippen molar-refractivity contribution in [2.45, 2.75) is 32.5 Å². The Bertz CT molecular complexity index is 179. The summed E-state index contributed by atoms with van der Waals surface area (Å²) in [6, 6.07) is -0.484. The first-order valence-electron chi connectivity index (χ1n) is 5.18. The third-order valence-electron chi connectivity index (χ3n) is 1.99. The number of carbonyl (C=O) groups excluding carboxylic acids is 1. The lowest BCUT2D eigenvalue weighted by molar-refractivity contribution is -0.135. The summed E-state index contributed by atoms with van der Waals surface area (Å²) in [5, 5.41) is 0.964. The van der Waals surface area contributed by atoms with E-state index in [4.69, 9.17) is 10.4 Å². The molecule has 2 N–H and O–H groups in total. The minimum atomic E-state index is -0.484. The normalized spacial score (nSPS) is 12.3. The van der Waals surface area contributed by atoms with E-state index in [9.17, 15) is 4.79 Å². The van der Waals surface area contributed by atoms with Crippen LogP contribution in [0.25, 0.3) is 0 Å². The summed E-state index contributed by atoms with van der Waals surface area (Å²) in [6.07, 6.45) is 3.74. The van der Waals surface area contributed by atoms with Crippen LogP contribution in [0.4, 0.5) is 0 Å². The zero-order valence-electron chi connectivity index (χ0n) is 9.69. The molecule has 3 nitrogen and oxygen atoms in total. The van der Waals surface area contributed by atoms with Crippen molar-refractivity contribution in [3.8, 4) is 0 Å². The Morgan fingerprint density at radius 3 is 2.53 bits per heavy atom. The van der Waals surface area contributed by atoms with Gasteiger partial charge in [-0.3, -0.25) is 4.79 Å². The van der Waals surface area contributed by atoms with Crippen LogP contribution in [0.3, 0.4) is 0 Å². The Morgan fingerprint density at radius 2 is 2.07 bits per heavy atom. The second-order valence-corrected chi connectivity index (χ2v) is 5.52. The standard InChI is InChI=1S/C9H20BNO2S2/c1-4-10(5-2)13-9(12)8(11)6-15-7-14-3/h8H,4-7,11H2,1-3H3. The second-order valence-electron chi connectivity index (χ2n) is 3.26. The lowest BCUT2D eigenvalue weighted by Gasteiger charge is -2.15. The summed E-state index contributed by atoms with van der Waals surface area (Å²) in [7, 11) is 0. The van der Waals surface area contributed by atoms with E-state index in [0.29, 0.717) is 5.75 Å². The molecule has 0 bridgehead atoms. The SMILES string of the molecule is CCB(CC)OC(=O)C(N)CSCSC. The van der Waals surface area contributed by atoms with E-state index in [1.165, 1.54) is 0 Å². The van der Waals surface area contributed by atoms with E-state index in [1.807, 2.05) is 20.1 Å². The Balaban J connectivity index is 3.77. The average Bonchev–Trinajstić information content (AvgIpc) is 2.25. The smallest absolute Gasteiger partial charge is 0.361 e. The van der Waals surface area contributed by atoms with Gasteiger partial charge in [-0.25, -0.2) is 0 Å². The van der Waals surface area contributed by atoms with Crippen LogP contribution in [0.1, 0.15) is 13.8 Å². The van der Waals surface area contributed by atoms with Gasteiger partial charge in [0.15, 0.2) is 0 Å². The van der Waals surface area contributed by atoms with Crippen molar-refractivity contribution in [1.82, 2.24) is 0 Å². The third-order valence-corrected chi connectivity index (χ3v) is 4.20. The highest BCUT2D eigenvalue weighted by atomic mass is 32.2. The molecular weight excluding hydrogens is 229 g/mol. The van der Waals surface area contributed by atoms with Gasteiger partial charge >= 0.3 is 12.9 Å². The first-order chi connectivity index (χ1) is 7.15. The average molecular weight is 249 g/mol. The first kappa shape index (κ1) is 15.2. The predicted octanol–water partition coefficient (Wildman–Crippen LogP) is 1.94. The van der Waals surface area contributed by atoms with Crippen molar-refractivity contribution >= 4 is 36.4 Å². The highest BCUT2D eigenvalue weighted by Crippen LogP contribution is 2.10. The van der Waals surface area contributed by atoms with E-state index in [2.05, 4.69) is 0 Å². The molecule has 0 aromatic carbocycles. The molecule has 0 spiro atoms. The van der Waals surface area contributed by atoms with Gasteiger partial charge in [0.05, 0.1) is 0 Å². The molecule has 0 rings (SSSR count). The minimum Gasteiger partial charge on any atom is -0.535 e. The predicted molar refractivity (Wildman–Crippen MR) is 71.6 cm³/mol. The zero-order chi connectivity index (χ0) is 11.7. The van der Waals surface area contributed by atoms with Crippen molar-refractivity contribution in [1.29, 1.82) is 0 Å². The number of rotatable bonds is 8. The highest BCUT2D eigenvalue weighted by molar-refractivity contribution is 8.15. The number of hydrogen-bond donors (Lipinski definition) is 1. The zero-order valence-corrected chi connectivity index (χ0v) is 11.3. The van der Waals surface area contributed by atoms with Gasteiger partial charge in [0, 0.05) is 10.8 Å². The van der Waals surface area contributed by atoms with E-state index in [1.54, 1.807) is 23.5 Å². The van der Waals surface area contributed by atoms with Gasteiger partial charge < -0.3 is 10.4 Å². The molecule has 0 aromatic rings. The van der Waals surface area contributed by atoms with Crippen molar-refractivity contribution in [2.75, 3.05) is 17.1 Å². The van der Waals surface area contributed by atoms with E-state index in [-0.39, 0.29) is 12.9 Å². The monoisotopic (exact) mass is 249 g/mol. The molecule has 0 aromatic heterocycles. The Labute approximate surface area is 101 Å². The fraction of sp³-hybridized carbons (Fsp3) is 0.889. The lowest BCUT2D eigenvalue weighted by atomic mass is 9.62. The molecule has 0 aliphatic heterocycles. The van der Waals surface area contributed by atoms with Gasteiger partial charge in [0.25, 0.3) is 0 Å². The van der Waals surface area contributed by atoms with Crippen LogP contribution >= 0.6 is 23.5 Å². The van der Waals surface area contributed by atoms with Crippen molar-refractivity contribution < 1.29 is 9.45 Å². The van der Waals surface area contributed by atoms with E-state index in [0.717, 1.165) is 17.7 Å². The Morgan fingerprint density at radius 1 is 1.47 bits per heavy atom. The molecule has 1 unspecified atom stereocenters. The van der Waals surface area contributed by atoms with Crippen LogP contribution < -0.4 is 5.73 Å². The molecule has 15 heavy (non-hydrogen) atoms. The molecule has 1 atom stereocenters. The number of carbonyl (C=O) groups is 1. The number of hydrogen-bond acceptors (Lipinski definition) is 5. The molecule has 0 radical (unpaired) electrons. The van der Waals surface area contributed by atoms with Crippen LogP contribution in [0.15, 0.2) is 0 Å². The quantitative estimate of drug-likeness (QED) is 0.405. The maximum absolute atomic E-state index is 11.5. The molecule has 6 heteroatoms. The Hall–Kier alpha value is 0.195. The second kappa shape index (κ2) is 9.42. The highest BCUT2D eigenvalue weighted by Gasteiger charge is 2.20. The molecule has 0 heterocycles. The first-order valence-corrected chi connectivity index (χ1v) is 7.73. The molecule has 88 valence electrons. The lowest BCUT2D eigenvalue weighted by Crippen LogP contribution is -2.38. The summed E-state index contributed by atoms with van der Waals surface area (Å²) in [5.74, 6) is 0.372. The van der Waals surface area contributed by atoms with Crippen LogP contribution in [0, 0.1) is 0 Å². The summed E-state index contributed by atoms with van der Waals surface area (Å²) in [6.45, 7) is 4.04. The van der Waals surface area contributed by atoms with Crippen LogP contribution in [0.5, 0.6) is 0 Å². The fourth-order valence-electron chi connectivity index (χ4n) is 1.03. The third kappa shape index (κ3) is 7.14. The maximum atomic E-state index is 11.5. The fourth-order valence-corrected chi connectivity index (χ4v) is 2.48. The van der Waals surface area contributed by atoms with E-state index >= 15 is 0 Å². The molecule has 0 saturated carbocycles. The maximum Gasteiger partial charge on any atom is 0.361 e. The molecule has 0 saturated heterocycles. The molecule has 0 aliphatic rings. The van der Waals surface area contributed by atoms with Gasteiger partial charge in [0.1, 0.15) is 6.04 Å². The van der Waals surface area contributed by atoms with Crippen LogP contribution in [-0.2, 0) is 9.45 Å². The molecule has 0 amide bonds. The van der Waals surface area contributed by atoms with Crippen LogP contribution in [-0.4, -0.2) is 36.0 Å². The van der Waals surface area contributed by atoms with Crippen molar-refractivity contribution in [3.05, 3.63) is 0 Å². The summed E-state index contributed by atoms with van der Waals surface area (Å²) in [5.41, 5.74) is 5.71. The van der Waals surface area contributed by atoms with Gasteiger partial charge in [-0.05, 0) is 18.9 Å². The van der Waals surface area contributed by atoms with Gasteiger partial charge in [-0.2, -0.15) is 11.8 Å². The van der Waals surface area contributed by atoms with E-state index < -0.39 is 6.04 Å². The van der Waals surface area contributed by atoms with Gasteiger partial charge in [0.2, 0.25) is 0 Å². The van der Waals surface area contributed by atoms with Crippen molar-refractivity contribution in [2.24, 2.45) is 5.73 Å². The minimum absolute atomic E-state index is 0.0223. The number of nitrogens with two attached hydrogens (primary N) is 1. The Kier molecular flexibility index (Phi) is 9.55. The van der Waals surface area contributed by atoms with Crippen molar-refractivity contribution in [3.63, 3.8) is 0 Å². The summed E-state index contributed by atoms with van der Waals surface area (Å²) >= 11 is 3.40. The topological polar surface area (TPSA) is 52.3 Å². The number of thioether (sulfide) groups is 2.